The van der Waals surface area contributed by atoms with Crippen LogP contribution in [0, 0.1) is 18.2 Å². The molecule has 0 bridgehead atoms. The lowest BCUT2D eigenvalue weighted by molar-refractivity contribution is -0.121. The molecule has 1 aliphatic carbocycles. The lowest BCUT2D eigenvalue weighted by Gasteiger charge is -2.29. The van der Waals surface area contributed by atoms with Crippen LogP contribution in [0.5, 0.6) is 5.75 Å². The van der Waals surface area contributed by atoms with Crippen molar-refractivity contribution in [3.8, 4) is 23.8 Å². The van der Waals surface area contributed by atoms with E-state index in [1.165, 1.54) is 29.2 Å². The number of halogens is 6. The third-order valence-electron chi connectivity index (χ3n) is 7.04. The molecular weight excluding hydrogens is 711 g/mol. The maximum absolute atomic E-state index is 14.7. The second-order valence-corrected chi connectivity index (χ2v) is 13.0. The fourth-order valence-corrected chi connectivity index (χ4v) is 5.87. The number of hydrogen-bond acceptors (Lipinski definition) is 7. The molecule has 0 saturated carbocycles. The minimum absolute atomic E-state index is 0.0170. The normalized spacial score (nSPS) is 16.0. The predicted molar refractivity (Wildman–Crippen MR) is 169 cm³/mol. The van der Waals surface area contributed by atoms with Gasteiger partial charge in [0.2, 0.25) is 3.79 Å². The van der Waals surface area contributed by atoms with Crippen molar-refractivity contribution >= 4 is 93.1 Å². The van der Waals surface area contributed by atoms with Crippen molar-refractivity contribution in [2.45, 2.75) is 29.5 Å². The molecule has 238 valence electrons. The number of aromatic nitrogens is 3. The molecule has 1 aromatic heterocycles. The number of fused-ring (bicyclic) bond motifs is 1. The fraction of sp³-hybridized carbons (Fsp3) is 0.241. The first-order chi connectivity index (χ1) is 21.7. The Bertz CT molecular complexity index is 1850. The summed E-state index contributed by atoms with van der Waals surface area (Å²) in [4.78, 5) is 54.2. The number of anilines is 2. The fourth-order valence-electron chi connectivity index (χ4n) is 5.01. The number of carbonyl (C=O) groups excluding carboxylic acids is 3. The van der Waals surface area contributed by atoms with Crippen LogP contribution in [0.4, 0.5) is 15.8 Å². The highest BCUT2D eigenvalue weighted by Gasteiger charge is 2.42. The Kier molecular flexibility index (Phi) is 9.54. The van der Waals surface area contributed by atoms with E-state index in [1.54, 1.807) is 0 Å². The largest absolute Gasteiger partial charge is 0.481 e. The quantitative estimate of drug-likeness (QED) is 0.196. The summed E-state index contributed by atoms with van der Waals surface area (Å²) in [6, 6.07) is 6.85. The molecule has 6 rings (SSSR count). The van der Waals surface area contributed by atoms with Gasteiger partial charge in [-0.1, -0.05) is 63.9 Å². The van der Waals surface area contributed by atoms with E-state index in [4.69, 9.17) is 74.3 Å². The topological polar surface area (TPSA) is 135 Å². The van der Waals surface area contributed by atoms with Crippen molar-refractivity contribution in [3.63, 3.8) is 0 Å². The Morgan fingerprint density at radius 1 is 1.02 bits per heavy atom. The van der Waals surface area contributed by atoms with Gasteiger partial charge in [-0.05, 0) is 49.9 Å². The molecule has 11 nitrogen and oxygen atoms in total. The molecule has 0 atom stereocenters. The number of amides is 3. The average Bonchev–Trinajstić information content (AvgIpc) is 3.55. The monoisotopic (exact) mass is 727 g/mol. The lowest BCUT2D eigenvalue weighted by atomic mass is 9.93. The van der Waals surface area contributed by atoms with Crippen molar-refractivity contribution in [3.05, 3.63) is 69.0 Å². The maximum atomic E-state index is 14.7. The van der Waals surface area contributed by atoms with Crippen LogP contribution in [0.25, 0.3) is 5.69 Å². The van der Waals surface area contributed by atoms with Crippen LogP contribution in [0.2, 0.25) is 10.0 Å². The average molecular weight is 730 g/mol. The van der Waals surface area contributed by atoms with Crippen LogP contribution < -0.4 is 14.5 Å². The van der Waals surface area contributed by atoms with E-state index >= 15 is 0 Å². The van der Waals surface area contributed by atoms with Crippen LogP contribution in [0.15, 0.2) is 41.5 Å². The van der Waals surface area contributed by atoms with E-state index in [9.17, 15) is 23.6 Å². The highest BCUT2D eigenvalue weighted by molar-refractivity contribution is 6.66. The summed E-state index contributed by atoms with van der Waals surface area (Å²) in [5.74, 6) is -1.66. The smallest absolute Gasteiger partial charge is 0.375 e. The van der Waals surface area contributed by atoms with Gasteiger partial charge in [-0.2, -0.15) is 0 Å². The van der Waals surface area contributed by atoms with Gasteiger partial charge >= 0.3 is 5.97 Å². The molecule has 2 aliphatic heterocycles. The van der Waals surface area contributed by atoms with Gasteiger partial charge in [0, 0.05) is 22.2 Å². The van der Waals surface area contributed by atoms with Crippen molar-refractivity contribution in [1.82, 2.24) is 14.8 Å². The van der Waals surface area contributed by atoms with Crippen molar-refractivity contribution in [2.75, 3.05) is 23.0 Å². The second-order valence-electron chi connectivity index (χ2n) is 9.92. The van der Waals surface area contributed by atoms with Gasteiger partial charge in [0.15, 0.2) is 18.2 Å². The Hall–Kier alpha value is -3.86. The Balaban J connectivity index is 0.000000188. The van der Waals surface area contributed by atoms with Crippen LogP contribution in [0.1, 0.15) is 42.1 Å². The minimum Gasteiger partial charge on any atom is -0.481 e. The number of ether oxygens (including phenoxy) is 1. The summed E-state index contributed by atoms with van der Waals surface area (Å²) in [6.07, 6.45) is 8.01. The highest BCUT2D eigenvalue weighted by Crippen LogP contribution is 2.42. The molecule has 3 aromatic rings. The summed E-state index contributed by atoms with van der Waals surface area (Å²) >= 11 is 29.1. The molecule has 46 heavy (non-hydrogen) atoms. The first-order valence-corrected chi connectivity index (χ1v) is 15.2. The maximum Gasteiger partial charge on any atom is 0.375 e. The molecule has 0 saturated heterocycles. The standard InChI is InChI=1S/C19H15FN2O4.C10H4Cl5N3O2/c1-2-7-21-15-9-14(13(20)8-16(15)26-10-17(21)23)22-18(24)11-5-3-4-6-12(11)19(22)25;11-4-1-2-6(5(12)3-4)18-9(10(13,14)15)16-7(17-18)8(19)20/h1,8-9H,3-7,10H2;1-3H,(H,19,20). The first-order valence-electron chi connectivity index (χ1n) is 13.3. The molecule has 0 radical (unpaired) electrons. The summed E-state index contributed by atoms with van der Waals surface area (Å²) in [7, 11) is 0. The lowest BCUT2D eigenvalue weighted by Crippen LogP contribution is -2.39. The summed E-state index contributed by atoms with van der Waals surface area (Å²) in [5.41, 5.74) is 1.28. The van der Waals surface area contributed by atoms with E-state index in [-0.39, 0.29) is 52.7 Å². The number of carbonyl (C=O) groups is 4. The molecule has 3 aliphatic rings. The second kappa shape index (κ2) is 13.1. The van der Waals surface area contributed by atoms with Crippen LogP contribution in [-0.4, -0.2) is 56.7 Å². The van der Waals surface area contributed by atoms with Gasteiger partial charge in [0.25, 0.3) is 23.5 Å². The van der Waals surface area contributed by atoms with Crippen LogP contribution in [-0.2, 0) is 18.2 Å². The van der Waals surface area contributed by atoms with E-state index in [0.717, 1.165) is 28.5 Å². The van der Waals surface area contributed by atoms with Gasteiger partial charge in [0.05, 0.1) is 28.6 Å². The van der Waals surface area contributed by atoms with Crippen molar-refractivity contribution in [2.24, 2.45) is 0 Å². The summed E-state index contributed by atoms with van der Waals surface area (Å²) in [6.45, 7) is -0.262. The van der Waals surface area contributed by atoms with Crippen molar-refractivity contribution < 1.29 is 33.4 Å². The number of hydrogen-bond donors (Lipinski definition) is 1. The Labute approximate surface area is 285 Å². The SMILES string of the molecule is C#CCN1C(=O)COc2cc(F)c(N3C(=O)C4=C(CCCC4)C3=O)cc21.O=C(O)c1nc(C(Cl)(Cl)Cl)n(-c2ccc(Cl)cc2Cl)n1. The van der Waals surface area contributed by atoms with Crippen LogP contribution in [0.3, 0.4) is 0 Å². The van der Waals surface area contributed by atoms with Crippen LogP contribution >= 0.6 is 58.0 Å². The highest BCUT2D eigenvalue weighted by atomic mass is 35.6. The number of terminal acetylenes is 1. The predicted octanol–water partition coefficient (Wildman–Crippen LogP) is 6.03. The Morgan fingerprint density at radius 2 is 1.67 bits per heavy atom. The molecule has 3 amide bonds. The number of rotatable bonds is 4. The zero-order chi connectivity index (χ0) is 33.5. The number of carboxylic acid groups (broad SMARTS) is 1. The number of imide groups is 1. The first kappa shape index (κ1) is 33.5. The summed E-state index contributed by atoms with van der Waals surface area (Å²) in [5, 5.41) is 13.3. The van der Waals surface area contributed by atoms with E-state index in [0.29, 0.717) is 29.0 Å². The zero-order valence-electron chi connectivity index (χ0n) is 23.2. The molecule has 17 heteroatoms. The van der Waals surface area contributed by atoms with Gasteiger partial charge in [-0.3, -0.25) is 19.3 Å². The van der Waals surface area contributed by atoms with Gasteiger partial charge in [0.1, 0.15) is 5.75 Å². The zero-order valence-corrected chi connectivity index (χ0v) is 27.0. The minimum atomic E-state index is -1.97. The van der Waals surface area contributed by atoms with Crippen molar-refractivity contribution in [1.29, 1.82) is 0 Å². The van der Waals surface area contributed by atoms with E-state index in [2.05, 4.69) is 16.0 Å². The van der Waals surface area contributed by atoms with E-state index in [1.807, 2.05) is 0 Å². The van der Waals surface area contributed by atoms with Gasteiger partial charge in [-0.25, -0.2) is 23.8 Å². The third-order valence-corrected chi connectivity index (χ3v) is 8.09. The molecule has 2 aromatic carbocycles. The Morgan fingerprint density at radius 3 is 2.24 bits per heavy atom. The number of nitrogens with zero attached hydrogens (tertiary/aromatic N) is 5. The van der Waals surface area contributed by atoms with E-state index < -0.39 is 33.2 Å². The molecule has 3 heterocycles. The molecule has 1 N–H and O–H groups in total. The molecule has 0 unspecified atom stereocenters. The van der Waals surface area contributed by atoms with Gasteiger partial charge in [-0.15, -0.1) is 11.5 Å². The molecule has 0 spiro atoms. The number of alkyl halides is 3. The van der Waals surface area contributed by atoms with Gasteiger partial charge < -0.3 is 9.84 Å². The number of carboxylic acids is 1. The third kappa shape index (κ3) is 6.38. The summed E-state index contributed by atoms with van der Waals surface area (Å²) < 4.78 is 19.0. The molecular formula is C29H19Cl5FN5O6. The number of aromatic carboxylic acids is 1. The molecule has 0 fully saturated rings. The number of benzene rings is 2.